The predicted molar refractivity (Wildman–Crippen MR) is 90.9 cm³/mol. The lowest BCUT2D eigenvalue weighted by molar-refractivity contribution is 0.282. The van der Waals surface area contributed by atoms with Crippen LogP contribution in [0.25, 0.3) is 0 Å². The van der Waals surface area contributed by atoms with Crippen molar-refractivity contribution in [3.63, 3.8) is 0 Å². The Morgan fingerprint density at radius 2 is 1.78 bits per heavy atom. The van der Waals surface area contributed by atoms with Crippen LogP contribution in [-0.2, 0) is 12.1 Å². The van der Waals surface area contributed by atoms with Crippen molar-refractivity contribution in [2.45, 2.75) is 51.2 Å². The fourth-order valence-electron chi connectivity index (χ4n) is 3.40. The first-order chi connectivity index (χ1) is 11.1. The Kier molecular flexibility index (Phi) is 4.67. The first kappa shape index (κ1) is 16.0. The second-order valence-corrected chi connectivity index (χ2v) is 6.60. The zero-order chi connectivity index (χ0) is 16.3. The fourth-order valence-corrected chi connectivity index (χ4v) is 3.40. The largest absolute Gasteiger partial charge is 0.486 e. The zero-order valence-electron chi connectivity index (χ0n) is 13.6. The molecule has 0 spiro atoms. The van der Waals surface area contributed by atoms with Crippen molar-refractivity contribution in [1.29, 1.82) is 0 Å². The molecule has 0 atom stereocenters. The van der Waals surface area contributed by atoms with Crippen molar-refractivity contribution in [3.8, 4) is 5.75 Å². The van der Waals surface area contributed by atoms with E-state index in [1.54, 1.807) is 6.07 Å². The number of nitrogens with two attached hydrogens (primary N) is 1. The molecule has 3 heteroatoms. The van der Waals surface area contributed by atoms with E-state index in [0.717, 1.165) is 42.4 Å². The topological polar surface area (TPSA) is 35.2 Å². The minimum absolute atomic E-state index is 0.314. The lowest BCUT2D eigenvalue weighted by Gasteiger charge is -2.34. The first-order valence-corrected chi connectivity index (χ1v) is 8.35. The lowest BCUT2D eigenvalue weighted by Crippen LogP contribution is -2.38. The monoisotopic (exact) mass is 313 g/mol. The molecule has 0 aliphatic heterocycles. The summed E-state index contributed by atoms with van der Waals surface area (Å²) in [6.45, 7) is 2.25. The molecular weight excluding hydrogens is 289 g/mol. The molecule has 2 aromatic carbocycles. The van der Waals surface area contributed by atoms with Gasteiger partial charge in [0.15, 0.2) is 11.6 Å². The summed E-state index contributed by atoms with van der Waals surface area (Å²) in [5, 5.41) is 0. The minimum atomic E-state index is -0.387. The molecule has 1 saturated carbocycles. The molecule has 1 fully saturated rings. The van der Waals surface area contributed by atoms with Gasteiger partial charge in [0.2, 0.25) is 0 Å². The molecule has 0 bridgehead atoms. The van der Waals surface area contributed by atoms with E-state index in [0.29, 0.717) is 12.4 Å². The van der Waals surface area contributed by atoms with Gasteiger partial charge in [0, 0.05) is 5.54 Å². The van der Waals surface area contributed by atoms with Crippen molar-refractivity contribution >= 4 is 0 Å². The molecule has 2 N–H and O–H groups in total. The van der Waals surface area contributed by atoms with Crippen LogP contribution in [0.15, 0.2) is 42.5 Å². The SMILES string of the molecule is Cc1cc(C2(N)CCCCC2)cc(F)c1OCc1ccccc1. The number of rotatable bonds is 4. The minimum Gasteiger partial charge on any atom is -0.486 e. The second-order valence-electron chi connectivity index (χ2n) is 6.60. The highest BCUT2D eigenvalue weighted by Crippen LogP contribution is 2.37. The third-order valence-corrected chi connectivity index (χ3v) is 4.78. The maximum atomic E-state index is 14.6. The summed E-state index contributed by atoms with van der Waals surface area (Å²) < 4.78 is 20.3. The van der Waals surface area contributed by atoms with E-state index in [-0.39, 0.29) is 11.4 Å². The van der Waals surface area contributed by atoms with Gasteiger partial charge in [-0.25, -0.2) is 4.39 Å². The number of ether oxygens (including phenoxy) is 1. The lowest BCUT2D eigenvalue weighted by atomic mass is 9.77. The van der Waals surface area contributed by atoms with Crippen LogP contribution in [0.2, 0.25) is 0 Å². The molecule has 0 heterocycles. The maximum absolute atomic E-state index is 14.6. The van der Waals surface area contributed by atoms with E-state index in [1.165, 1.54) is 6.42 Å². The standard InChI is InChI=1S/C20H24FNO/c1-15-12-17(20(22)10-6-3-7-11-20)13-18(21)19(15)23-14-16-8-4-2-5-9-16/h2,4-5,8-9,12-13H,3,6-7,10-11,14,22H2,1H3. The van der Waals surface area contributed by atoms with E-state index in [2.05, 4.69) is 0 Å². The number of hydrogen-bond acceptors (Lipinski definition) is 2. The molecule has 3 rings (SSSR count). The highest BCUT2D eigenvalue weighted by molar-refractivity contribution is 5.41. The van der Waals surface area contributed by atoms with Crippen molar-refractivity contribution in [1.82, 2.24) is 0 Å². The predicted octanol–water partition coefficient (Wildman–Crippen LogP) is 4.83. The van der Waals surface area contributed by atoms with E-state index in [4.69, 9.17) is 10.5 Å². The van der Waals surface area contributed by atoms with E-state index in [1.807, 2.05) is 43.3 Å². The van der Waals surface area contributed by atoms with Gasteiger partial charge in [-0.15, -0.1) is 0 Å². The molecule has 0 radical (unpaired) electrons. The Labute approximate surface area is 137 Å². The molecular formula is C20H24FNO. The molecule has 1 aliphatic carbocycles. The molecule has 2 aromatic rings. The van der Waals surface area contributed by atoms with Crippen molar-refractivity contribution in [2.75, 3.05) is 0 Å². The summed E-state index contributed by atoms with van der Waals surface area (Å²) in [6.07, 6.45) is 5.30. The van der Waals surface area contributed by atoms with Crippen molar-refractivity contribution in [3.05, 3.63) is 65.0 Å². The van der Waals surface area contributed by atoms with Crippen LogP contribution < -0.4 is 10.5 Å². The van der Waals surface area contributed by atoms with Crippen LogP contribution in [0.1, 0.15) is 48.8 Å². The molecule has 2 nitrogen and oxygen atoms in total. The molecule has 0 amide bonds. The summed E-state index contributed by atoms with van der Waals surface area (Å²) in [6, 6.07) is 13.4. The Morgan fingerprint density at radius 3 is 2.43 bits per heavy atom. The number of hydrogen-bond donors (Lipinski definition) is 1. The Hall–Kier alpha value is -1.87. The van der Waals surface area contributed by atoms with Gasteiger partial charge >= 0.3 is 0 Å². The quantitative estimate of drug-likeness (QED) is 0.877. The summed E-state index contributed by atoms with van der Waals surface area (Å²) in [5.74, 6) is 0.0170. The van der Waals surface area contributed by atoms with Crippen LogP contribution >= 0.6 is 0 Å². The van der Waals surface area contributed by atoms with Gasteiger partial charge in [0.1, 0.15) is 6.61 Å². The molecule has 1 aliphatic rings. The number of benzene rings is 2. The second kappa shape index (κ2) is 6.71. The van der Waals surface area contributed by atoms with Gasteiger partial charge in [-0.05, 0) is 42.5 Å². The van der Waals surface area contributed by atoms with Crippen molar-refractivity contribution in [2.24, 2.45) is 5.73 Å². The van der Waals surface area contributed by atoms with Gasteiger partial charge in [0.05, 0.1) is 0 Å². The number of halogens is 1. The van der Waals surface area contributed by atoms with Crippen LogP contribution in [0.5, 0.6) is 5.75 Å². The molecule has 0 saturated heterocycles. The fraction of sp³-hybridized carbons (Fsp3) is 0.400. The highest BCUT2D eigenvalue weighted by atomic mass is 19.1. The van der Waals surface area contributed by atoms with Gasteiger partial charge in [-0.3, -0.25) is 0 Å². The van der Waals surface area contributed by atoms with Crippen molar-refractivity contribution < 1.29 is 9.13 Å². The van der Waals surface area contributed by atoms with Crippen LogP contribution in [0.3, 0.4) is 0 Å². The van der Waals surface area contributed by atoms with Gasteiger partial charge in [0.25, 0.3) is 0 Å². The smallest absolute Gasteiger partial charge is 0.165 e. The summed E-state index contributed by atoms with van der Waals surface area (Å²) in [4.78, 5) is 0. The van der Waals surface area contributed by atoms with Crippen LogP contribution in [-0.4, -0.2) is 0 Å². The van der Waals surface area contributed by atoms with E-state index in [9.17, 15) is 4.39 Å². The molecule has 0 aromatic heterocycles. The van der Waals surface area contributed by atoms with E-state index >= 15 is 0 Å². The zero-order valence-corrected chi connectivity index (χ0v) is 13.6. The van der Waals surface area contributed by atoms with Crippen LogP contribution in [0.4, 0.5) is 4.39 Å². The Balaban J connectivity index is 1.80. The molecule has 0 unspecified atom stereocenters. The van der Waals surface area contributed by atoms with Gasteiger partial charge < -0.3 is 10.5 Å². The average Bonchev–Trinajstić information content (AvgIpc) is 2.55. The normalized spacial score (nSPS) is 17.0. The summed E-state index contributed by atoms with van der Waals surface area (Å²) >= 11 is 0. The van der Waals surface area contributed by atoms with Crippen LogP contribution in [0, 0.1) is 12.7 Å². The average molecular weight is 313 g/mol. The summed E-state index contributed by atoms with van der Waals surface area (Å²) in [7, 11) is 0. The maximum Gasteiger partial charge on any atom is 0.165 e. The Bertz CT molecular complexity index is 640. The molecule has 23 heavy (non-hydrogen) atoms. The van der Waals surface area contributed by atoms with Gasteiger partial charge in [-0.2, -0.15) is 0 Å². The summed E-state index contributed by atoms with van der Waals surface area (Å²) in [5.41, 5.74) is 8.88. The van der Waals surface area contributed by atoms with Gasteiger partial charge in [-0.1, -0.05) is 55.7 Å². The number of aryl methyl sites for hydroxylation is 1. The van der Waals surface area contributed by atoms with E-state index < -0.39 is 0 Å². The first-order valence-electron chi connectivity index (χ1n) is 8.35. The third kappa shape index (κ3) is 3.56. The third-order valence-electron chi connectivity index (χ3n) is 4.78. The Morgan fingerprint density at radius 1 is 1.09 bits per heavy atom. The highest BCUT2D eigenvalue weighted by Gasteiger charge is 2.30. The molecule has 122 valence electrons.